The number of rotatable bonds is 4. The Balaban J connectivity index is 2.13. The van der Waals surface area contributed by atoms with Crippen LogP contribution in [0, 0.1) is 23.7 Å². The minimum absolute atomic E-state index is 0.139. The van der Waals surface area contributed by atoms with Gasteiger partial charge in [0.15, 0.2) is 0 Å². The first-order valence-electron chi connectivity index (χ1n) is 9.89. The zero-order valence-corrected chi connectivity index (χ0v) is 16.6. The molecule has 24 heavy (non-hydrogen) atoms. The summed E-state index contributed by atoms with van der Waals surface area (Å²) in [4.78, 5) is 14.8. The molecule has 2 aliphatic rings. The van der Waals surface area contributed by atoms with Crippen LogP contribution in [0.25, 0.3) is 0 Å². The van der Waals surface area contributed by atoms with Gasteiger partial charge >= 0.3 is 6.09 Å². The van der Waals surface area contributed by atoms with Crippen molar-refractivity contribution in [3.8, 4) is 0 Å². The number of amides is 1. The van der Waals surface area contributed by atoms with Gasteiger partial charge in [0.05, 0.1) is 0 Å². The van der Waals surface area contributed by atoms with E-state index in [0.717, 1.165) is 31.5 Å². The number of ether oxygens (including phenoxy) is 1. The summed E-state index contributed by atoms with van der Waals surface area (Å²) < 4.78 is 5.72. The van der Waals surface area contributed by atoms with Crippen molar-refractivity contribution in [1.82, 2.24) is 10.2 Å². The standard InChI is InChI=1S/C20H38N2O2/c1-14(2)13-22(19(23)24-20(4,5)6)15(3)17-9-7-8-16-12-21-11-10-18(16)17/h14-18,21H,7-13H2,1-6H3. The fourth-order valence-electron chi connectivity index (χ4n) is 4.60. The molecule has 0 radical (unpaired) electrons. The van der Waals surface area contributed by atoms with Gasteiger partial charge in [-0.1, -0.05) is 20.3 Å². The molecule has 1 aliphatic carbocycles. The zero-order valence-electron chi connectivity index (χ0n) is 16.6. The first-order chi connectivity index (χ1) is 11.2. The van der Waals surface area contributed by atoms with Crippen LogP contribution in [0.5, 0.6) is 0 Å². The maximum Gasteiger partial charge on any atom is 0.410 e. The van der Waals surface area contributed by atoms with Crippen LogP contribution in [-0.4, -0.2) is 42.3 Å². The Hall–Kier alpha value is -0.770. The molecule has 1 N–H and O–H groups in total. The van der Waals surface area contributed by atoms with E-state index in [1.165, 1.54) is 25.7 Å². The van der Waals surface area contributed by atoms with E-state index < -0.39 is 5.60 Å². The second kappa shape index (κ2) is 8.07. The lowest BCUT2D eigenvalue weighted by Gasteiger charge is -2.47. The predicted molar refractivity (Wildman–Crippen MR) is 99.0 cm³/mol. The Kier molecular flexibility index (Phi) is 6.58. The molecule has 1 heterocycles. The molecule has 4 unspecified atom stereocenters. The monoisotopic (exact) mass is 338 g/mol. The topological polar surface area (TPSA) is 41.6 Å². The smallest absolute Gasteiger partial charge is 0.410 e. The summed E-state index contributed by atoms with van der Waals surface area (Å²) in [5.74, 6) is 2.61. The van der Waals surface area contributed by atoms with Crippen molar-refractivity contribution in [1.29, 1.82) is 0 Å². The molecule has 140 valence electrons. The van der Waals surface area contributed by atoms with Crippen LogP contribution >= 0.6 is 0 Å². The number of nitrogens with zero attached hydrogens (tertiary/aromatic N) is 1. The lowest BCUT2D eigenvalue weighted by Crippen LogP contribution is -2.52. The third-order valence-electron chi connectivity index (χ3n) is 5.63. The van der Waals surface area contributed by atoms with E-state index in [0.29, 0.717) is 11.8 Å². The summed E-state index contributed by atoms with van der Waals surface area (Å²) in [6.45, 7) is 15.5. The molecule has 0 bridgehead atoms. The van der Waals surface area contributed by atoms with Crippen molar-refractivity contribution in [2.75, 3.05) is 19.6 Å². The summed E-state index contributed by atoms with van der Waals surface area (Å²) in [5.41, 5.74) is -0.435. The van der Waals surface area contributed by atoms with Crippen LogP contribution in [-0.2, 0) is 4.74 Å². The van der Waals surface area contributed by atoms with Crippen LogP contribution in [0.1, 0.15) is 67.2 Å². The van der Waals surface area contributed by atoms with Gasteiger partial charge in [0.1, 0.15) is 5.60 Å². The summed E-state index contributed by atoms with van der Waals surface area (Å²) in [6, 6.07) is 0.258. The number of piperidine rings is 1. The second-order valence-corrected chi connectivity index (χ2v) is 9.28. The molecule has 1 saturated carbocycles. The number of carbonyl (C=O) groups is 1. The van der Waals surface area contributed by atoms with E-state index in [1.54, 1.807) is 0 Å². The molecular weight excluding hydrogens is 300 g/mol. The van der Waals surface area contributed by atoms with E-state index >= 15 is 0 Å². The Bertz CT molecular complexity index is 414. The maximum absolute atomic E-state index is 12.8. The van der Waals surface area contributed by atoms with E-state index in [4.69, 9.17) is 4.74 Å². The molecule has 4 nitrogen and oxygen atoms in total. The Morgan fingerprint density at radius 2 is 1.92 bits per heavy atom. The number of hydrogen-bond donors (Lipinski definition) is 1. The predicted octanol–water partition coefficient (Wildman–Crippen LogP) is 4.29. The highest BCUT2D eigenvalue weighted by atomic mass is 16.6. The molecule has 1 saturated heterocycles. The van der Waals surface area contributed by atoms with Gasteiger partial charge in [-0.25, -0.2) is 4.79 Å². The lowest BCUT2D eigenvalue weighted by atomic mass is 9.66. The zero-order chi connectivity index (χ0) is 17.9. The van der Waals surface area contributed by atoms with Crippen LogP contribution in [0.2, 0.25) is 0 Å². The highest BCUT2D eigenvalue weighted by Crippen LogP contribution is 2.41. The van der Waals surface area contributed by atoms with Crippen LogP contribution in [0.15, 0.2) is 0 Å². The third-order valence-corrected chi connectivity index (χ3v) is 5.63. The van der Waals surface area contributed by atoms with Gasteiger partial charge in [0.2, 0.25) is 0 Å². The first kappa shape index (κ1) is 19.6. The Morgan fingerprint density at radius 1 is 1.21 bits per heavy atom. The van der Waals surface area contributed by atoms with E-state index in [1.807, 2.05) is 25.7 Å². The van der Waals surface area contributed by atoms with Gasteiger partial charge < -0.3 is 15.0 Å². The molecule has 4 heteroatoms. The van der Waals surface area contributed by atoms with Gasteiger partial charge in [-0.15, -0.1) is 0 Å². The van der Waals surface area contributed by atoms with E-state index in [9.17, 15) is 4.79 Å². The van der Waals surface area contributed by atoms with Gasteiger partial charge in [-0.3, -0.25) is 0 Å². The molecule has 0 aromatic rings. The summed E-state index contributed by atoms with van der Waals surface area (Å²) in [7, 11) is 0. The minimum atomic E-state index is -0.435. The molecule has 2 fully saturated rings. The SMILES string of the molecule is CC(C)CN(C(=O)OC(C)(C)C)C(C)C1CCCC2CNCCC21. The van der Waals surface area contributed by atoms with Crippen molar-refractivity contribution < 1.29 is 9.53 Å². The average molecular weight is 339 g/mol. The molecule has 0 aromatic carbocycles. The summed E-state index contributed by atoms with van der Waals surface area (Å²) >= 11 is 0. The van der Waals surface area contributed by atoms with E-state index in [-0.39, 0.29) is 12.1 Å². The molecule has 0 aromatic heterocycles. The molecule has 0 spiro atoms. The van der Waals surface area contributed by atoms with Crippen molar-refractivity contribution in [2.24, 2.45) is 23.7 Å². The maximum atomic E-state index is 12.8. The van der Waals surface area contributed by atoms with Crippen LogP contribution in [0.3, 0.4) is 0 Å². The summed E-state index contributed by atoms with van der Waals surface area (Å²) in [5, 5.41) is 3.55. The fraction of sp³-hybridized carbons (Fsp3) is 0.950. The Morgan fingerprint density at radius 3 is 2.54 bits per heavy atom. The normalized spacial score (nSPS) is 29.0. The number of hydrogen-bond acceptors (Lipinski definition) is 3. The molecule has 4 atom stereocenters. The van der Waals surface area contributed by atoms with Gasteiger partial charge in [-0.05, 0) is 83.7 Å². The quantitative estimate of drug-likeness (QED) is 0.831. The van der Waals surface area contributed by atoms with Gasteiger partial charge in [0, 0.05) is 12.6 Å². The fourth-order valence-corrected chi connectivity index (χ4v) is 4.60. The Labute approximate surface area is 148 Å². The lowest BCUT2D eigenvalue weighted by molar-refractivity contribution is -0.00792. The third kappa shape index (κ3) is 5.11. The average Bonchev–Trinajstić information content (AvgIpc) is 2.49. The first-order valence-corrected chi connectivity index (χ1v) is 9.89. The number of fused-ring (bicyclic) bond motifs is 1. The van der Waals surface area contributed by atoms with Gasteiger partial charge in [-0.2, -0.15) is 0 Å². The number of nitrogens with one attached hydrogen (secondary N) is 1. The molecule has 2 rings (SSSR count). The largest absolute Gasteiger partial charge is 0.444 e. The highest BCUT2D eigenvalue weighted by molar-refractivity contribution is 5.68. The molecule has 1 aliphatic heterocycles. The van der Waals surface area contributed by atoms with Crippen molar-refractivity contribution in [3.05, 3.63) is 0 Å². The van der Waals surface area contributed by atoms with Gasteiger partial charge in [0.25, 0.3) is 0 Å². The molecule has 1 amide bonds. The minimum Gasteiger partial charge on any atom is -0.444 e. The van der Waals surface area contributed by atoms with Crippen LogP contribution < -0.4 is 5.32 Å². The van der Waals surface area contributed by atoms with Crippen LogP contribution in [0.4, 0.5) is 4.79 Å². The van der Waals surface area contributed by atoms with Crippen molar-refractivity contribution >= 4 is 6.09 Å². The highest BCUT2D eigenvalue weighted by Gasteiger charge is 2.40. The molecular formula is C20H38N2O2. The van der Waals surface area contributed by atoms with Crippen molar-refractivity contribution in [2.45, 2.75) is 78.9 Å². The summed E-state index contributed by atoms with van der Waals surface area (Å²) in [6.07, 6.45) is 5.00. The number of carbonyl (C=O) groups excluding carboxylic acids is 1. The van der Waals surface area contributed by atoms with E-state index in [2.05, 4.69) is 26.1 Å². The van der Waals surface area contributed by atoms with Crippen molar-refractivity contribution in [3.63, 3.8) is 0 Å². The second-order valence-electron chi connectivity index (χ2n) is 9.28.